The third kappa shape index (κ3) is 2.76. The molecule has 94 valence electrons. The molecule has 0 saturated heterocycles. The van der Waals surface area contributed by atoms with Crippen LogP contribution in [0.2, 0.25) is 0 Å². The van der Waals surface area contributed by atoms with Crippen LogP contribution in [0.4, 0.5) is 17.1 Å². The molecule has 2 aromatic carbocycles. The van der Waals surface area contributed by atoms with Gasteiger partial charge in [-0.2, -0.15) is 0 Å². The molecule has 0 unspecified atom stereocenters. The van der Waals surface area contributed by atoms with E-state index in [1.165, 1.54) is 0 Å². The van der Waals surface area contributed by atoms with Crippen LogP contribution in [-0.2, 0) is 0 Å². The van der Waals surface area contributed by atoms with Crippen molar-refractivity contribution < 1.29 is 4.74 Å². The summed E-state index contributed by atoms with van der Waals surface area (Å²) in [6.07, 6.45) is 0. The number of aryl methyl sites for hydroxylation is 1. The summed E-state index contributed by atoms with van der Waals surface area (Å²) in [6, 6.07) is 11.7. The van der Waals surface area contributed by atoms with Gasteiger partial charge in [-0.3, -0.25) is 0 Å². The van der Waals surface area contributed by atoms with E-state index in [4.69, 9.17) is 10.5 Å². The fourth-order valence-corrected chi connectivity index (χ4v) is 2.02. The van der Waals surface area contributed by atoms with Crippen molar-refractivity contribution in [2.75, 3.05) is 18.2 Å². The lowest BCUT2D eigenvalue weighted by Crippen LogP contribution is -1.98. The Balaban J connectivity index is 2.31. The molecular weight excluding hydrogens is 292 g/mol. The third-order valence-electron chi connectivity index (χ3n) is 2.73. The predicted octanol–water partition coefficient (Wildman–Crippen LogP) is 4.09. The summed E-state index contributed by atoms with van der Waals surface area (Å²) in [5, 5.41) is 3.32. The average molecular weight is 307 g/mol. The van der Waals surface area contributed by atoms with E-state index in [-0.39, 0.29) is 0 Å². The van der Waals surface area contributed by atoms with E-state index in [9.17, 15) is 0 Å². The molecule has 4 heteroatoms. The topological polar surface area (TPSA) is 47.3 Å². The number of methoxy groups -OCH3 is 1. The van der Waals surface area contributed by atoms with Crippen LogP contribution in [0.3, 0.4) is 0 Å². The minimum Gasteiger partial charge on any atom is -0.497 e. The standard InChI is InChI=1S/C14H15BrN2O/c1-9-3-4-10(15)7-14(9)17-13-6-5-11(18-2)8-12(13)16/h3-8,17H,16H2,1-2H3. The maximum atomic E-state index is 5.98. The molecule has 0 aliphatic heterocycles. The molecule has 0 aliphatic rings. The number of benzene rings is 2. The summed E-state index contributed by atoms with van der Waals surface area (Å²) < 4.78 is 6.16. The van der Waals surface area contributed by atoms with E-state index in [1.54, 1.807) is 13.2 Å². The number of nitrogens with one attached hydrogen (secondary N) is 1. The number of ether oxygens (including phenoxy) is 1. The molecule has 0 heterocycles. The van der Waals surface area contributed by atoms with E-state index in [0.717, 1.165) is 27.2 Å². The minimum atomic E-state index is 0.661. The highest BCUT2D eigenvalue weighted by Gasteiger charge is 2.04. The molecule has 0 aromatic heterocycles. The van der Waals surface area contributed by atoms with E-state index < -0.39 is 0 Å². The summed E-state index contributed by atoms with van der Waals surface area (Å²) in [5.41, 5.74) is 9.70. The van der Waals surface area contributed by atoms with Gasteiger partial charge in [0.05, 0.1) is 18.5 Å². The highest BCUT2D eigenvalue weighted by Crippen LogP contribution is 2.29. The Hall–Kier alpha value is -1.68. The van der Waals surface area contributed by atoms with Crippen molar-refractivity contribution in [1.29, 1.82) is 0 Å². The molecule has 0 amide bonds. The molecule has 18 heavy (non-hydrogen) atoms. The molecule has 0 aliphatic carbocycles. The number of halogens is 1. The number of hydrogen-bond acceptors (Lipinski definition) is 3. The quantitative estimate of drug-likeness (QED) is 0.840. The first-order chi connectivity index (χ1) is 8.60. The molecule has 3 N–H and O–H groups in total. The summed E-state index contributed by atoms with van der Waals surface area (Å²) >= 11 is 3.46. The van der Waals surface area contributed by atoms with Crippen molar-refractivity contribution in [2.24, 2.45) is 0 Å². The van der Waals surface area contributed by atoms with Crippen molar-refractivity contribution in [2.45, 2.75) is 6.92 Å². The van der Waals surface area contributed by atoms with Gasteiger partial charge in [0.15, 0.2) is 0 Å². The molecule has 3 nitrogen and oxygen atoms in total. The molecule has 2 aromatic rings. The van der Waals surface area contributed by atoms with Gasteiger partial charge in [-0.15, -0.1) is 0 Å². The largest absolute Gasteiger partial charge is 0.497 e. The first-order valence-corrected chi connectivity index (χ1v) is 6.36. The van der Waals surface area contributed by atoms with Gasteiger partial charge in [0.2, 0.25) is 0 Å². The van der Waals surface area contributed by atoms with Crippen LogP contribution in [0.1, 0.15) is 5.56 Å². The Kier molecular flexibility index (Phi) is 3.77. The molecule has 0 atom stereocenters. The van der Waals surface area contributed by atoms with Gasteiger partial charge in [0, 0.05) is 16.2 Å². The maximum absolute atomic E-state index is 5.98. The zero-order chi connectivity index (χ0) is 13.1. The van der Waals surface area contributed by atoms with E-state index in [2.05, 4.69) is 28.2 Å². The first-order valence-electron chi connectivity index (χ1n) is 5.57. The van der Waals surface area contributed by atoms with Gasteiger partial charge in [-0.1, -0.05) is 22.0 Å². The number of nitrogens with two attached hydrogens (primary N) is 1. The van der Waals surface area contributed by atoms with Gasteiger partial charge in [0.25, 0.3) is 0 Å². The lowest BCUT2D eigenvalue weighted by molar-refractivity contribution is 0.415. The second-order valence-electron chi connectivity index (χ2n) is 4.04. The smallest absolute Gasteiger partial charge is 0.121 e. The summed E-state index contributed by atoms with van der Waals surface area (Å²) in [7, 11) is 1.63. The number of rotatable bonds is 3. The van der Waals surface area contributed by atoms with Crippen molar-refractivity contribution in [1.82, 2.24) is 0 Å². The fraction of sp³-hybridized carbons (Fsp3) is 0.143. The molecule has 0 bridgehead atoms. The highest BCUT2D eigenvalue weighted by molar-refractivity contribution is 9.10. The molecule has 0 saturated carbocycles. The van der Waals surface area contributed by atoms with Crippen molar-refractivity contribution >= 4 is 33.0 Å². The molecule has 0 spiro atoms. The van der Waals surface area contributed by atoms with Crippen molar-refractivity contribution in [3.8, 4) is 5.75 Å². The van der Waals surface area contributed by atoms with Gasteiger partial charge in [-0.05, 0) is 36.8 Å². The van der Waals surface area contributed by atoms with Crippen LogP contribution in [0.25, 0.3) is 0 Å². The number of hydrogen-bond donors (Lipinski definition) is 2. The fourth-order valence-electron chi connectivity index (χ4n) is 1.66. The van der Waals surface area contributed by atoms with E-state index in [0.29, 0.717) is 5.69 Å². The lowest BCUT2D eigenvalue weighted by atomic mass is 10.2. The normalized spacial score (nSPS) is 10.2. The SMILES string of the molecule is COc1ccc(Nc2cc(Br)ccc2C)c(N)c1. The van der Waals surface area contributed by atoms with E-state index in [1.807, 2.05) is 30.3 Å². The van der Waals surface area contributed by atoms with Gasteiger partial charge in [0.1, 0.15) is 5.75 Å². The zero-order valence-electron chi connectivity index (χ0n) is 10.3. The second-order valence-corrected chi connectivity index (χ2v) is 4.95. The van der Waals surface area contributed by atoms with Gasteiger partial charge >= 0.3 is 0 Å². The van der Waals surface area contributed by atoms with Crippen LogP contribution < -0.4 is 15.8 Å². The summed E-state index contributed by atoms with van der Waals surface area (Å²) in [4.78, 5) is 0. The zero-order valence-corrected chi connectivity index (χ0v) is 11.9. The Morgan fingerprint density at radius 2 is 1.89 bits per heavy atom. The Morgan fingerprint density at radius 3 is 2.56 bits per heavy atom. The second kappa shape index (κ2) is 5.31. The molecule has 2 rings (SSSR count). The Labute approximate surface area is 115 Å². The van der Waals surface area contributed by atoms with E-state index >= 15 is 0 Å². The van der Waals surface area contributed by atoms with Crippen LogP contribution in [0.15, 0.2) is 40.9 Å². The number of nitrogen functional groups attached to an aromatic ring is 1. The van der Waals surface area contributed by atoms with Crippen LogP contribution in [-0.4, -0.2) is 7.11 Å². The average Bonchev–Trinajstić information content (AvgIpc) is 2.36. The summed E-state index contributed by atoms with van der Waals surface area (Å²) in [6.45, 7) is 2.05. The monoisotopic (exact) mass is 306 g/mol. The number of anilines is 3. The van der Waals surface area contributed by atoms with Crippen LogP contribution >= 0.6 is 15.9 Å². The van der Waals surface area contributed by atoms with Crippen LogP contribution in [0.5, 0.6) is 5.75 Å². The lowest BCUT2D eigenvalue weighted by Gasteiger charge is -2.13. The maximum Gasteiger partial charge on any atom is 0.121 e. The molecule has 0 radical (unpaired) electrons. The molecule has 0 fully saturated rings. The third-order valence-corrected chi connectivity index (χ3v) is 3.22. The van der Waals surface area contributed by atoms with Crippen molar-refractivity contribution in [3.63, 3.8) is 0 Å². The van der Waals surface area contributed by atoms with Gasteiger partial charge in [-0.25, -0.2) is 0 Å². The Morgan fingerprint density at radius 1 is 1.11 bits per heavy atom. The highest BCUT2D eigenvalue weighted by atomic mass is 79.9. The minimum absolute atomic E-state index is 0.661. The Bertz CT molecular complexity index is 570. The molecular formula is C14H15BrN2O. The van der Waals surface area contributed by atoms with Crippen LogP contribution in [0, 0.1) is 6.92 Å². The van der Waals surface area contributed by atoms with Crippen molar-refractivity contribution in [3.05, 3.63) is 46.4 Å². The van der Waals surface area contributed by atoms with Gasteiger partial charge < -0.3 is 15.8 Å². The predicted molar refractivity (Wildman–Crippen MR) is 79.6 cm³/mol. The first kappa shape index (κ1) is 12.8. The summed E-state index contributed by atoms with van der Waals surface area (Å²) in [5.74, 6) is 0.754.